The Morgan fingerprint density at radius 2 is 1.43 bits per heavy atom. The van der Waals surface area contributed by atoms with Crippen molar-refractivity contribution in [2.45, 2.75) is 47.6 Å². The first-order valence-corrected chi connectivity index (χ1v) is 10.7. The number of rotatable bonds is 11. The lowest BCUT2D eigenvalue weighted by Gasteiger charge is -2.19. The second kappa shape index (κ2) is 15.9. The van der Waals surface area contributed by atoms with Crippen LogP contribution in [0.15, 0.2) is 29.3 Å². The van der Waals surface area contributed by atoms with Gasteiger partial charge in [-0.3, -0.25) is 9.59 Å². The van der Waals surface area contributed by atoms with Crippen molar-refractivity contribution in [3.63, 3.8) is 0 Å². The molecule has 1 rings (SSSR count). The summed E-state index contributed by atoms with van der Waals surface area (Å²) in [6, 6.07) is 7.59. The molecule has 0 unspecified atom stereocenters. The molecule has 0 saturated heterocycles. The molecule has 0 aliphatic heterocycles. The van der Waals surface area contributed by atoms with E-state index in [2.05, 4.69) is 15.6 Å². The Bertz CT molecular complexity index is 656. The number of guanidine groups is 1. The zero-order valence-electron chi connectivity index (χ0n) is 19.0. The molecule has 2 N–H and O–H groups in total. The molecule has 0 aliphatic rings. The predicted molar refractivity (Wildman–Crippen MR) is 134 cm³/mol. The van der Waals surface area contributed by atoms with E-state index in [0.29, 0.717) is 44.1 Å². The average Bonchev–Trinajstić information content (AvgIpc) is 2.74. The first kappa shape index (κ1) is 28.2. The number of carbonyl (C=O) groups is 2. The van der Waals surface area contributed by atoms with E-state index in [1.54, 1.807) is 4.90 Å². The highest BCUT2D eigenvalue weighted by atomic mass is 127. The maximum atomic E-state index is 12.4. The van der Waals surface area contributed by atoms with E-state index in [0.717, 1.165) is 25.2 Å². The maximum Gasteiger partial charge on any atom is 0.253 e. The Balaban J connectivity index is 0.00000841. The van der Waals surface area contributed by atoms with Gasteiger partial charge in [-0.2, -0.15) is 0 Å². The number of hydrogen-bond donors (Lipinski definition) is 2. The van der Waals surface area contributed by atoms with Gasteiger partial charge in [-0.1, -0.05) is 12.1 Å². The molecule has 0 heterocycles. The van der Waals surface area contributed by atoms with Gasteiger partial charge in [0.25, 0.3) is 5.91 Å². The molecule has 0 atom stereocenters. The number of halogens is 1. The number of carbonyl (C=O) groups excluding carboxylic acids is 2. The molecule has 7 nitrogen and oxygen atoms in total. The Morgan fingerprint density at radius 1 is 0.867 bits per heavy atom. The lowest BCUT2D eigenvalue weighted by atomic mass is 10.1. The van der Waals surface area contributed by atoms with Crippen LogP contribution in [0.1, 0.15) is 57.0 Å². The Hall–Kier alpha value is -1.84. The quantitative estimate of drug-likeness (QED) is 0.262. The van der Waals surface area contributed by atoms with E-state index < -0.39 is 0 Å². The first-order valence-electron chi connectivity index (χ1n) is 10.7. The summed E-state index contributed by atoms with van der Waals surface area (Å²) in [7, 11) is 0. The largest absolute Gasteiger partial charge is 0.357 e. The fourth-order valence-corrected chi connectivity index (χ4v) is 2.98. The Labute approximate surface area is 198 Å². The van der Waals surface area contributed by atoms with Gasteiger partial charge in [0, 0.05) is 51.3 Å². The summed E-state index contributed by atoms with van der Waals surface area (Å²) in [5.74, 6) is 0.882. The van der Waals surface area contributed by atoms with Gasteiger partial charge in [0.05, 0.1) is 6.54 Å². The summed E-state index contributed by atoms with van der Waals surface area (Å²) in [6.07, 6.45) is 0.439. The summed E-state index contributed by atoms with van der Waals surface area (Å²) in [4.78, 5) is 32.7. The highest BCUT2D eigenvalue weighted by Gasteiger charge is 2.12. The minimum atomic E-state index is 0. The van der Waals surface area contributed by atoms with Crippen molar-refractivity contribution < 1.29 is 9.59 Å². The zero-order chi connectivity index (χ0) is 21.6. The van der Waals surface area contributed by atoms with Gasteiger partial charge < -0.3 is 20.4 Å². The van der Waals surface area contributed by atoms with Crippen molar-refractivity contribution in [3.8, 4) is 0 Å². The van der Waals surface area contributed by atoms with Crippen molar-refractivity contribution in [1.82, 2.24) is 20.4 Å². The van der Waals surface area contributed by atoms with Gasteiger partial charge in [0.15, 0.2) is 5.96 Å². The number of aliphatic imine (C=N–C) groups is 1. The Kier molecular flexibility index (Phi) is 15.0. The molecule has 8 heteroatoms. The van der Waals surface area contributed by atoms with Crippen LogP contribution < -0.4 is 10.6 Å². The molecule has 0 radical (unpaired) electrons. The smallest absolute Gasteiger partial charge is 0.253 e. The summed E-state index contributed by atoms with van der Waals surface area (Å²) < 4.78 is 0. The summed E-state index contributed by atoms with van der Waals surface area (Å²) in [6.45, 7) is 14.6. The standard InChI is InChI=1S/C22H37N5O2.HI/c1-6-23-22(24-16-15-20(28)26(7-2)8-3)25-17-18-11-13-19(14-12-18)21(29)27(9-4)10-5;/h11-14H,6-10,15-17H2,1-5H3,(H2,23,24,25);1H. The Morgan fingerprint density at radius 3 is 1.93 bits per heavy atom. The van der Waals surface area contributed by atoms with Crippen LogP contribution in [0.3, 0.4) is 0 Å². The highest BCUT2D eigenvalue weighted by Crippen LogP contribution is 2.09. The first-order chi connectivity index (χ1) is 14.0. The molecular formula is C22H38IN5O2. The number of benzene rings is 1. The number of amides is 2. The van der Waals surface area contributed by atoms with Crippen LogP contribution in [-0.4, -0.2) is 66.8 Å². The van der Waals surface area contributed by atoms with Crippen LogP contribution in [0.5, 0.6) is 0 Å². The van der Waals surface area contributed by atoms with Crippen molar-refractivity contribution in [2.75, 3.05) is 39.3 Å². The molecule has 2 amide bonds. The molecule has 1 aromatic rings. The normalized spacial score (nSPS) is 10.8. The van der Waals surface area contributed by atoms with Crippen LogP contribution in [-0.2, 0) is 11.3 Å². The molecule has 0 aromatic heterocycles. The van der Waals surface area contributed by atoms with Crippen molar-refractivity contribution >= 4 is 41.8 Å². The maximum absolute atomic E-state index is 12.4. The van der Waals surface area contributed by atoms with Crippen molar-refractivity contribution in [2.24, 2.45) is 4.99 Å². The van der Waals surface area contributed by atoms with Gasteiger partial charge in [-0.25, -0.2) is 4.99 Å². The van der Waals surface area contributed by atoms with Crippen molar-refractivity contribution in [1.29, 1.82) is 0 Å². The molecule has 0 bridgehead atoms. The molecule has 0 saturated carbocycles. The van der Waals surface area contributed by atoms with Gasteiger partial charge in [-0.05, 0) is 52.3 Å². The average molecular weight is 531 g/mol. The van der Waals surface area contributed by atoms with Gasteiger partial charge in [-0.15, -0.1) is 24.0 Å². The fourth-order valence-electron chi connectivity index (χ4n) is 2.98. The fraction of sp³-hybridized carbons (Fsp3) is 0.591. The third kappa shape index (κ3) is 9.32. The summed E-state index contributed by atoms with van der Waals surface area (Å²) in [5.41, 5.74) is 1.72. The molecule has 1 aromatic carbocycles. The van der Waals surface area contributed by atoms with Crippen LogP contribution in [0.2, 0.25) is 0 Å². The number of hydrogen-bond acceptors (Lipinski definition) is 3. The number of nitrogens with zero attached hydrogens (tertiary/aromatic N) is 3. The van der Waals surface area contributed by atoms with Crippen LogP contribution in [0.4, 0.5) is 0 Å². The SMILES string of the molecule is CCNC(=NCc1ccc(C(=O)N(CC)CC)cc1)NCCC(=O)N(CC)CC.I. The van der Waals surface area contributed by atoms with Crippen LogP contribution >= 0.6 is 24.0 Å². The van der Waals surface area contributed by atoms with Gasteiger partial charge >= 0.3 is 0 Å². The second-order valence-electron chi connectivity index (χ2n) is 6.61. The van der Waals surface area contributed by atoms with E-state index >= 15 is 0 Å². The van der Waals surface area contributed by atoms with E-state index in [1.165, 1.54) is 0 Å². The topological polar surface area (TPSA) is 77.0 Å². The third-order valence-corrected chi connectivity index (χ3v) is 4.76. The minimum Gasteiger partial charge on any atom is -0.357 e. The lowest BCUT2D eigenvalue weighted by Crippen LogP contribution is -2.40. The van der Waals surface area contributed by atoms with Gasteiger partial charge in [0.2, 0.25) is 5.91 Å². The van der Waals surface area contributed by atoms with Crippen molar-refractivity contribution in [3.05, 3.63) is 35.4 Å². The predicted octanol–water partition coefficient (Wildman–Crippen LogP) is 3.10. The minimum absolute atomic E-state index is 0. The molecule has 0 aliphatic carbocycles. The van der Waals surface area contributed by atoms with E-state index in [1.807, 2.05) is 63.8 Å². The lowest BCUT2D eigenvalue weighted by molar-refractivity contribution is -0.130. The number of nitrogens with one attached hydrogen (secondary N) is 2. The second-order valence-corrected chi connectivity index (χ2v) is 6.61. The zero-order valence-corrected chi connectivity index (χ0v) is 21.4. The molecular weight excluding hydrogens is 493 g/mol. The summed E-state index contributed by atoms with van der Waals surface area (Å²) >= 11 is 0. The molecule has 0 fully saturated rings. The van der Waals surface area contributed by atoms with E-state index in [4.69, 9.17) is 0 Å². The van der Waals surface area contributed by atoms with E-state index in [-0.39, 0.29) is 35.8 Å². The van der Waals surface area contributed by atoms with Crippen LogP contribution in [0, 0.1) is 0 Å². The molecule has 0 spiro atoms. The summed E-state index contributed by atoms with van der Waals surface area (Å²) in [5, 5.41) is 6.41. The van der Waals surface area contributed by atoms with Crippen LogP contribution in [0.25, 0.3) is 0 Å². The van der Waals surface area contributed by atoms with Gasteiger partial charge in [0.1, 0.15) is 0 Å². The monoisotopic (exact) mass is 531 g/mol. The molecule has 30 heavy (non-hydrogen) atoms. The third-order valence-electron chi connectivity index (χ3n) is 4.76. The van der Waals surface area contributed by atoms with E-state index in [9.17, 15) is 9.59 Å². The molecule has 170 valence electrons. The highest BCUT2D eigenvalue weighted by molar-refractivity contribution is 14.0.